The van der Waals surface area contributed by atoms with Gasteiger partial charge in [-0.15, -0.1) is 0 Å². The molecule has 2 aromatic carbocycles. The van der Waals surface area contributed by atoms with Gasteiger partial charge < -0.3 is 0 Å². The van der Waals surface area contributed by atoms with E-state index in [0.29, 0.717) is 0 Å². The summed E-state index contributed by atoms with van der Waals surface area (Å²) in [6.45, 7) is 4.82. The van der Waals surface area contributed by atoms with Crippen molar-refractivity contribution in [1.29, 1.82) is 0 Å². The van der Waals surface area contributed by atoms with Crippen molar-refractivity contribution in [2.24, 2.45) is 0 Å². The molecule has 0 fully saturated rings. The number of hydrogen-bond donors (Lipinski definition) is 0. The van der Waals surface area contributed by atoms with Gasteiger partial charge in [0.05, 0.1) is 8.80 Å². The predicted molar refractivity (Wildman–Crippen MR) is 70.8 cm³/mol. The summed E-state index contributed by atoms with van der Waals surface area (Å²) in [5.41, 5.74) is 9.10. The van der Waals surface area contributed by atoms with Crippen LogP contribution in [0.3, 0.4) is 0 Å². The Morgan fingerprint density at radius 1 is 0.938 bits per heavy atom. The van der Waals surface area contributed by atoms with E-state index in [1.54, 1.807) is 16.3 Å². The highest BCUT2D eigenvalue weighted by Crippen LogP contribution is 2.42. The molecular weight excluding hydrogens is 208 g/mol. The summed E-state index contributed by atoms with van der Waals surface area (Å²) < 4.78 is 0. The summed E-state index contributed by atoms with van der Waals surface area (Å²) in [5.74, 6) is 0. The highest BCUT2D eigenvalue weighted by Gasteiger charge is 2.28. The number of benzene rings is 2. The first-order valence-electron chi connectivity index (χ1n) is 5.86. The fourth-order valence-electron chi connectivity index (χ4n) is 3.26. The largest absolute Gasteiger partial charge is 0.0804 e. The number of fused-ring (bicyclic) bond motifs is 4. The van der Waals surface area contributed by atoms with Crippen molar-refractivity contribution >= 4 is 14.0 Å². The first-order valence-corrected chi connectivity index (χ1v) is 8.36. The Kier molecular flexibility index (Phi) is 1.46. The second-order valence-electron chi connectivity index (χ2n) is 5.06. The topological polar surface area (TPSA) is 0 Å². The predicted octanol–water partition coefficient (Wildman–Crippen LogP) is 3.20. The molecule has 1 heteroatoms. The van der Waals surface area contributed by atoms with Gasteiger partial charge in [0.25, 0.3) is 0 Å². The van der Waals surface area contributed by atoms with Crippen LogP contribution in [-0.2, 0) is 6.42 Å². The van der Waals surface area contributed by atoms with Crippen LogP contribution >= 0.6 is 0 Å². The molecule has 0 aromatic heterocycles. The first kappa shape index (κ1) is 8.77. The fraction of sp³-hybridized carbons (Fsp3) is 0.200. The molecule has 4 rings (SSSR count). The zero-order valence-electron chi connectivity index (χ0n) is 9.59. The van der Waals surface area contributed by atoms with Gasteiger partial charge in [0, 0.05) is 0 Å². The van der Waals surface area contributed by atoms with Crippen LogP contribution in [0.2, 0.25) is 13.1 Å². The number of hydrogen-bond acceptors (Lipinski definition) is 0. The lowest BCUT2D eigenvalue weighted by atomic mass is 9.94. The maximum absolute atomic E-state index is 2.41. The van der Waals surface area contributed by atoms with Gasteiger partial charge in [0.15, 0.2) is 0 Å². The first-order chi connectivity index (χ1) is 7.75. The lowest BCUT2D eigenvalue weighted by molar-refractivity contribution is 1.29. The van der Waals surface area contributed by atoms with Crippen molar-refractivity contribution in [3.8, 4) is 22.3 Å². The highest BCUT2D eigenvalue weighted by atomic mass is 28.3. The van der Waals surface area contributed by atoms with Gasteiger partial charge in [-0.2, -0.15) is 0 Å². The van der Waals surface area contributed by atoms with E-state index in [9.17, 15) is 0 Å². The molecule has 0 spiro atoms. The molecule has 0 heterocycles. The highest BCUT2D eigenvalue weighted by molar-refractivity contribution is 6.73. The summed E-state index contributed by atoms with van der Waals surface area (Å²) in [7, 11) is -0.374. The van der Waals surface area contributed by atoms with E-state index >= 15 is 0 Å². The molecule has 77 valence electrons. The Labute approximate surface area is 97.5 Å². The Morgan fingerprint density at radius 2 is 1.69 bits per heavy atom. The van der Waals surface area contributed by atoms with Gasteiger partial charge in [0.2, 0.25) is 0 Å². The second kappa shape index (κ2) is 2.66. The third-order valence-electron chi connectivity index (χ3n) is 3.89. The maximum atomic E-state index is 2.41. The maximum Gasteiger partial charge on any atom is 0.0804 e. The van der Waals surface area contributed by atoms with Crippen molar-refractivity contribution in [2.75, 3.05) is 0 Å². The van der Waals surface area contributed by atoms with Gasteiger partial charge in [-0.05, 0) is 39.8 Å². The number of rotatable bonds is 1. The molecule has 4 bridgehead atoms. The Hall–Kier alpha value is -1.34. The van der Waals surface area contributed by atoms with E-state index in [4.69, 9.17) is 0 Å². The molecule has 0 unspecified atom stereocenters. The van der Waals surface area contributed by atoms with Crippen molar-refractivity contribution < 1.29 is 0 Å². The summed E-state index contributed by atoms with van der Waals surface area (Å²) in [5, 5.41) is 1.68. The third kappa shape index (κ3) is 0.862. The summed E-state index contributed by atoms with van der Waals surface area (Å²) in [6.07, 6.45) is 1.18. The van der Waals surface area contributed by atoms with Crippen LogP contribution in [-0.4, -0.2) is 8.80 Å². The SMILES string of the molecule is C[Si](C)c1c2ccc3c1Cc1cc-2ccc1-3. The van der Waals surface area contributed by atoms with Gasteiger partial charge in [-0.3, -0.25) is 0 Å². The summed E-state index contributed by atoms with van der Waals surface area (Å²) in [6, 6.07) is 11.7. The van der Waals surface area contributed by atoms with Crippen molar-refractivity contribution in [3.63, 3.8) is 0 Å². The van der Waals surface area contributed by atoms with Crippen LogP contribution in [0.4, 0.5) is 0 Å². The molecular formula is C15H13Si. The van der Waals surface area contributed by atoms with E-state index in [0.717, 1.165) is 0 Å². The van der Waals surface area contributed by atoms with E-state index in [2.05, 4.69) is 43.4 Å². The summed E-state index contributed by atoms with van der Waals surface area (Å²) in [4.78, 5) is 0. The lowest BCUT2D eigenvalue weighted by Crippen LogP contribution is -2.28. The molecule has 1 radical (unpaired) electrons. The quantitative estimate of drug-likeness (QED) is 0.433. The van der Waals surface area contributed by atoms with Crippen LogP contribution in [0.25, 0.3) is 22.3 Å². The molecule has 2 aliphatic rings. The molecule has 2 aromatic rings. The monoisotopic (exact) mass is 221 g/mol. The zero-order chi connectivity index (χ0) is 10.9. The molecule has 0 saturated heterocycles. The Balaban J connectivity index is 2.24. The molecule has 0 atom stereocenters. The van der Waals surface area contributed by atoms with Crippen molar-refractivity contribution in [1.82, 2.24) is 0 Å². The van der Waals surface area contributed by atoms with E-state index in [1.807, 2.05) is 0 Å². The van der Waals surface area contributed by atoms with Crippen LogP contribution in [0, 0.1) is 0 Å². The molecule has 0 saturated carbocycles. The normalized spacial score (nSPS) is 13.9. The molecule has 0 N–H and O–H groups in total. The fourth-order valence-corrected chi connectivity index (χ4v) is 4.85. The average Bonchev–Trinajstić information content (AvgIpc) is 2.57. The Morgan fingerprint density at radius 3 is 2.50 bits per heavy atom. The molecule has 0 amide bonds. The van der Waals surface area contributed by atoms with E-state index < -0.39 is 0 Å². The van der Waals surface area contributed by atoms with Gasteiger partial charge >= 0.3 is 0 Å². The van der Waals surface area contributed by atoms with Crippen LogP contribution in [0.5, 0.6) is 0 Å². The zero-order valence-corrected chi connectivity index (χ0v) is 10.6. The third-order valence-corrected chi connectivity index (χ3v) is 5.46. The minimum atomic E-state index is -0.374. The Bertz CT molecular complexity index is 624. The van der Waals surface area contributed by atoms with Gasteiger partial charge in [0.1, 0.15) is 0 Å². The van der Waals surface area contributed by atoms with Crippen LogP contribution in [0.15, 0.2) is 30.3 Å². The lowest BCUT2D eigenvalue weighted by Gasteiger charge is -2.18. The van der Waals surface area contributed by atoms with Crippen molar-refractivity contribution in [3.05, 3.63) is 41.5 Å². The minimum Gasteiger partial charge on any atom is -0.0671 e. The van der Waals surface area contributed by atoms with Crippen molar-refractivity contribution in [2.45, 2.75) is 19.5 Å². The van der Waals surface area contributed by atoms with E-state index in [1.165, 1.54) is 28.7 Å². The standard InChI is InChI=1S/C15H13Si/c1-16(2)15-12-5-6-13-11-4-3-9(12)7-10(11)8-14(13)15/h3-7H,8H2,1-2H3. The van der Waals surface area contributed by atoms with Crippen LogP contribution < -0.4 is 5.19 Å². The van der Waals surface area contributed by atoms with Crippen LogP contribution in [0.1, 0.15) is 11.1 Å². The summed E-state index contributed by atoms with van der Waals surface area (Å²) >= 11 is 0. The molecule has 0 aliphatic heterocycles. The second-order valence-corrected chi connectivity index (χ2v) is 7.56. The molecule has 16 heavy (non-hydrogen) atoms. The minimum absolute atomic E-state index is 0.374. The smallest absolute Gasteiger partial charge is 0.0671 e. The molecule has 2 aliphatic carbocycles. The van der Waals surface area contributed by atoms with E-state index in [-0.39, 0.29) is 8.80 Å². The molecule has 0 nitrogen and oxygen atoms in total. The average molecular weight is 221 g/mol. The van der Waals surface area contributed by atoms with Gasteiger partial charge in [-0.1, -0.05) is 48.6 Å². The van der Waals surface area contributed by atoms with Gasteiger partial charge in [-0.25, -0.2) is 0 Å².